The van der Waals surface area contributed by atoms with Crippen LogP contribution in [0.4, 0.5) is 5.82 Å². The van der Waals surface area contributed by atoms with E-state index in [1.165, 1.54) is 276 Å². The molecule has 15 nitrogen and oxygen atoms in total. The second kappa shape index (κ2) is 55.5. The number of hydrogen-bond donors (Lipinski definition) is 2. The van der Waals surface area contributed by atoms with Crippen LogP contribution in [0, 0.1) is 0 Å². The number of fused-ring (bicyclic) bond motifs is 1. The second-order valence-corrected chi connectivity index (χ2v) is 27.6. The van der Waals surface area contributed by atoms with Crippen molar-refractivity contribution >= 4 is 34.8 Å². The first-order valence-electron chi connectivity index (χ1n) is 39.5. The first-order chi connectivity index (χ1) is 46.2. The molecule has 2 N–H and O–H groups in total. The zero-order valence-corrected chi connectivity index (χ0v) is 60.8. The molecule has 0 spiro atoms. The Morgan fingerprint density at radius 3 is 1.28 bits per heavy atom. The SMILES string of the molecule is CCCCCCCCCCCCCCCCCCOc1cc(C(=O)N(C)CCOC(=O)CCC(=O)Nc2ncnc3c2ncn3[C@H]2CC(O)[C@@H](CC)O2)cc(OCCCCCCCCCCCCCCCCCC)c1OCCCCCCCCCCCCCCCCCC. The maximum atomic E-state index is 14.4. The normalized spacial score (nSPS) is 14.7. The quantitative estimate of drug-likeness (QED) is 0.0405. The van der Waals surface area contributed by atoms with E-state index in [4.69, 9.17) is 23.7 Å². The summed E-state index contributed by atoms with van der Waals surface area (Å²) >= 11 is 0. The summed E-state index contributed by atoms with van der Waals surface area (Å²) in [7, 11) is 1.70. The van der Waals surface area contributed by atoms with E-state index < -0.39 is 24.2 Å². The maximum absolute atomic E-state index is 14.4. The number of hydrogen-bond acceptors (Lipinski definition) is 12. The molecule has 1 unspecified atom stereocenters. The van der Waals surface area contributed by atoms with Gasteiger partial charge in [0, 0.05) is 25.5 Å². The maximum Gasteiger partial charge on any atom is 0.306 e. The molecule has 0 saturated carbocycles. The van der Waals surface area contributed by atoms with Gasteiger partial charge in [-0.2, -0.15) is 0 Å². The third kappa shape index (κ3) is 37.3. The largest absolute Gasteiger partial charge is 0.490 e. The van der Waals surface area contributed by atoms with Crippen molar-refractivity contribution in [2.24, 2.45) is 0 Å². The molecule has 94 heavy (non-hydrogen) atoms. The summed E-state index contributed by atoms with van der Waals surface area (Å²) in [6.45, 7) is 10.5. The van der Waals surface area contributed by atoms with Crippen LogP contribution in [0.15, 0.2) is 24.8 Å². The van der Waals surface area contributed by atoms with Crippen molar-refractivity contribution in [3.05, 3.63) is 30.4 Å². The van der Waals surface area contributed by atoms with Gasteiger partial charge in [-0.1, -0.05) is 317 Å². The van der Waals surface area contributed by atoms with E-state index in [0.29, 0.717) is 66.6 Å². The third-order valence-corrected chi connectivity index (χ3v) is 19.1. The van der Waals surface area contributed by atoms with Gasteiger partial charge in [0.1, 0.15) is 19.2 Å². The monoisotopic (exact) mass is 1320 g/mol. The lowest BCUT2D eigenvalue weighted by Crippen LogP contribution is -2.31. The minimum Gasteiger partial charge on any atom is -0.490 e. The summed E-state index contributed by atoms with van der Waals surface area (Å²) in [6, 6.07) is 3.62. The molecular weight excluding hydrogens is 1180 g/mol. The molecule has 2 aromatic heterocycles. The summed E-state index contributed by atoms with van der Waals surface area (Å²) in [4.78, 5) is 55.1. The molecule has 1 aromatic carbocycles. The number of carbonyl (C=O) groups excluding carboxylic acids is 3. The van der Waals surface area contributed by atoms with Crippen LogP contribution in [0.5, 0.6) is 17.2 Å². The van der Waals surface area contributed by atoms with Crippen molar-refractivity contribution in [1.82, 2.24) is 24.4 Å². The van der Waals surface area contributed by atoms with E-state index in [0.717, 1.165) is 38.5 Å². The number of carbonyl (C=O) groups is 3. The number of aromatic nitrogens is 4. The molecule has 0 aliphatic carbocycles. The number of imidazole rings is 1. The van der Waals surface area contributed by atoms with Gasteiger partial charge in [-0.25, -0.2) is 15.0 Å². The molecule has 538 valence electrons. The van der Waals surface area contributed by atoms with Crippen LogP contribution in [-0.4, -0.2) is 99.5 Å². The molecule has 1 aliphatic heterocycles. The molecule has 3 aromatic rings. The van der Waals surface area contributed by atoms with E-state index in [9.17, 15) is 19.5 Å². The fourth-order valence-corrected chi connectivity index (χ4v) is 13.1. The van der Waals surface area contributed by atoms with E-state index in [1.54, 1.807) is 22.8 Å². The topological polar surface area (TPSA) is 176 Å². The summed E-state index contributed by atoms with van der Waals surface area (Å²) in [5.74, 6) is 0.615. The van der Waals surface area contributed by atoms with Crippen LogP contribution in [0.2, 0.25) is 0 Å². The zero-order chi connectivity index (χ0) is 67.2. The van der Waals surface area contributed by atoms with Crippen LogP contribution in [0.1, 0.15) is 378 Å². The Balaban J connectivity index is 1.31. The van der Waals surface area contributed by atoms with E-state index in [-0.39, 0.29) is 43.8 Å². The van der Waals surface area contributed by atoms with Gasteiger partial charge in [0.2, 0.25) is 11.7 Å². The van der Waals surface area contributed by atoms with Gasteiger partial charge in [-0.15, -0.1) is 0 Å². The van der Waals surface area contributed by atoms with Crippen molar-refractivity contribution < 1.29 is 43.2 Å². The van der Waals surface area contributed by atoms with E-state index >= 15 is 0 Å². The Bertz CT molecular complexity index is 2290. The highest BCUT2D eigenvalue weighted by Crippen LogP contribution is 2.40. The average Bonchev–Trinajstić information content (AvgIpc) is 1.59. The minimum absolute atomic E-state index is 0.0464. The molecule has 1 fully saturated rings. The molecule has 1 saturated heterocycles. The number of aliphatic hydroxyl groups excluding tert-OH is 1. The first kappa shape index (κ1) is 81.9. The first-order valence-corrected chi connectivity index (χ1v) is 39.5. The number of ether oxygens (including phenoxy) is 5. The Hall–Kier alpha value is -4.50. The number of aliphatic hydroxyl groups is 1. The molecule has 4 rings (SSSR count). The van der Waals surface area contributed by atoms with Crippen molar-refractivity contribution in [1.29, 1.82) is 0 Å². The van der Waals surface area contributed by atoms with Crippen LogP contribution >= 0.6 is 0 Å². The number of nitrogens with one attached hydrogen (secondary N) is 1. The van der Waals surface area contributed by atoms with Gasteiger partial charge in [-0.05, 0) is 37.8 Å². The van der Waals surface area contributed by atoms with Crippen molar-refractivity contribution in [2.75, 3.05) is 45.3 Å². The number of esters is 1. The lowest BCUT2D eigenvalue weighted by Gasteiger charge is -2.21. The molecule has 3 atom stereocenters. The molecule has 15 heteroatoms. The Labute approximate surface area is 572 Å². The molecule has 1 aliphatic rings. The second-order valence-electron chi connectivity index (χ2n) is 27.6. The Kier molecular flexibility index (Phi) is 48.4. The summed E-state index contributed by atoms with van der Waals surface area (Å²) < 4.78 is 33.3. The number of rotatable bonds is 64. The van der Waals surface area contributed by atoms with Gasteiger partial charge in [0.25, 0.3) is 5.91 Å². The van der Waals surface area contributed by atoms with Crippen LogP contribution < -0.4 is 19.5 Å². The minimum atomic E-state index is -0.595. The standard InChI is InChI=1S/C79H138N6O9/c1-6-10-13-16-19-22-25-28-31-34-37-40-43-46-49-52-58-90-70-62-67(79(89)84(5)57-61-92-74(88)56-55-72(87)83-77-75-78(81-65-80-77)85(66-82-75)73-64-68(86)69(9-4)94-73)63-71(91-59-53-50-47-44-41-38-35-32-29-26-23-20-17-14-11-7-2)76(70)93-60-54-51-48-45-42-39-36-33-30-27-24-21-18-15-12-8-3/h62-63,65-66,68-69,73,86H,6-61,64H2,1-5H3,(H,80,81,83,87)/t68?,69-,73-/m1/s1. The summed E-state index contributed by atoms with van der Waals surface area (Å²) in [6.07, 6.45) is 64.9. The van der Waals surface area contributed by atoms with Crippen molar-refractivity contribution in [3.63, 3.8) is 0 Å². The average molecular weight is 1320 g/mol. The van der Waals surface area contributed by atoms with Crippen LogP contribution in [0.25, 0.3) is 11.2 Å². The number of nitrogens with zero attached hydrogens (tertiary/aromatic N) is 5. The molecule has 3 heterocycles. The van der Waals surface area contributed by atoms with Crippen molar-refractivity contribution in [2.45, 2.75) is 380 Å². The van der Waals surface area contributed by atoms with Gasteiger partial charge < -0.3 is 39.0 Å². The fourth-order valence-electron chi connectivity index (χ4n) is 13.1. The van der Waals surface area contributed by atoms with Crippen LogP contribution in [0.3, 0.4) is 0 Å². The number of amides is 2. The number of benzene rings is 1. The predicted octanol–water partition coefficient (Wildman–Crippen LogP) is 21.8. The highest BCUT2D eigenvalue weighted by Gasteiger charge is 2.35. The highest BCUT2D eigenvalue weighted by atomic mass is 16.5. The van der Waals surface area contributed by atoms with E-state index in [1.807, 2.05) is 19.1 Å². The molecule has 0 radical (unpaired) electrons. The fraction of sp³-hybridized carbons (Fsp3) is 0.823. The molecule has 0 bridgehead atoms. The zero-order valence-electron chi connectivity index (χ0n) is 60.8. The number of anilines is 1. The predicted molar refractivity (Wildman–Crippen MR) is 387 cm³/mol. The molecular formula is C79H138N6O9. The van der Waals surface area contributed by atoms with Gasteiger partial charge >= 0.3 is 5.97 Å². The smallest absolute Gasteiger partial charge is 0.306 e. The van der Waals surface area contributed by atoms with Crippen LogP contribution in [-0.2, 0) is 19.1 Å². The van der Waals surface area contributed by atoms with Crippen molar-refractivity contribution in [3.8, 4) is 17.2 Å². The number of unbranched alkanes of at least 4 members (excludes halogenated alkanes) is 45. The highest BCUT2D eigenvalue weighted by molar-refractivity contribution is 5.98. The summed E-state index contributed by atoms with van der Waals surface area (Å²) in [5.41, 5.74) is 1.26. The van der Waals surface area contributed by atoms with E-state index in [2.05, 4.69) is 41.0 Å². The lowest BCUT2D eigenvalue weighted by atomic mass is 10.0. The van der Waals surface area contributed by atoms with Gasteiger partial charge in [0.15, 0.2) is 28.5 Å². The number of likely N-dealkylation sites (N-methyl/N-ethyl adjacent to an activating group) is 1. The van der Waals surface area contributed by atoms with Gasteiger partial charge in [0.05, 0.1) is 51.3 Å². The Morgan fingerprint density at radius 2 is 0.894 bits per heavy atom. The van der Waals surface area contributed by atoms with Gasteiger partial charge in [-0.3, -0.25) is 19.0 Å². The summed E-state index contributed by atoms with van der Waals surface area (Å²) in [5, 5.41) is 13.2. The Morgan fingerprint density at radius 1 is 0.511 bits per heavy atom. The lowest BCUT2D eigenvalue weighted by molar-refractivity contribution is -0.144. The molecule has 2 amide bonds. The third-order valence-electron chi connectivity index (χ3n) is 19.1.